The molecule has 0 heterocycles. The molecule has 0 aliphatic heterocycles. The van der Waals surface area contributed by atoms with Crippen molar-refractivity contribution in [3.63, 3.8) is 0 Å². The first-order valence-corrected chi connectivity index (χ1v) is 5.83. The third kappa shape index (κ3) is 11.3. The number of carbonyl (C=O) groups excluding carboxylic acids is 1. The number of nitrogens with one attached hydrogen (secondary N) is 2. The summed E-state index contributed by atoms with van der Waals surface area (Å²) in [5.41, 5.74) is 0. The monoisotopic (exact) mass is 234 g/mol. The molecule has 0 radical (unpaired) electrons. The first kappa shape index (κ1) is 15.2. The highest BCUT2D eigenvalue weighted by atomic mass is 16.2. The summed E-state index contributed by atoms with van der Waals surface area (Å²) in [5.74, 6) is 0. The van der Waals surface area contributed by atoms with Gasteiger partial charge in [-0.25, -0.2) is 4.79 Å². The van der Waals surface area contributed by atoms with Crippen molar-refractivity contribution in [3.05, 3.63) is 0 Å². The Bertz CT molecular complexity index is 174. The van der Waals surface area contributed by atoms with Crippen LogP contribution in [0.5, 0.6) is 0 Å². The molecule has 2 amide bonds. The van der Waals surface area contributed by atoms with E-state index < -0.39 is 0 Å². The Morgan fingerprint density at radius 1 is 0.938 bits per heavy atom. The molecule has 0 saturated carbocycles. The summed E-state index contributed by atoms with van der Waals surface area (Å²) >= 11 is 0. The van der Waals surface area contributed by atoms with Crippen LogP contribution in [0.3, 0.4) is 0 Å². The van der Waals surface area contributed by atoms with Crippen LogP contribution in [-0.4, -0.2) is 70.2 Å². The second-order valence-corrected chi connectivity index (χ2v) is 4.50. The zero-order chi connectivity index (χ0) is 12.4. The second-order valence-electron chi connectivity index (χ2n) is 4.50. The number of hydrogen-bond acceptors (Lipinski definition) is 3. The second kappa shape index (κ2) is 9.42. The van der Waals surface area contributed by atoms with Gasteiger partial charge in [0.25, 0.3) is 0 Å². The smallest absolute Gasteiger partial charge is 0.314 e. The van der Waals surface area contributed by atoms with Gasteiger partial charge in [0.1, 0.15) is 0 Å². The van der Waals surface area contributed by atoms with Gasteiger partial charge in [0.05, 0.1) is 0 Å². The molecule has 0 aromatic heterocycles. The summed E-state index contributed by atoms with van der Waals surface area (Å²) in [6.45, 7) is 3.47. The minimum Gasteiger partial charge on any atom is -0.338 e. The van der Waals surface area contributed by atoms with E-state index in [-0.39, 0.29) is 8.88 Å². The highest BCUT2D eigenvalue weighted by Crippen LogP contribution is 1.82. The van der Waals surface area contributed by atoms with Crippen LogP contribution in [0.1, 0.15) is 15.7 Å². The van der Waals surface area contributed by atoms with E-state index in [1.54, 1.807) is 0 Å². The zero-order valence-electron chi connectivity index (χ0n) is 11.0. The molecule has 0 bridgehead atoms. The molecule has 5 heteroatoms. The number of hydrogen-bond donors (Lipinski definition) is 2. The number of rotatable bonds is 8. The van der Waals surface area contributed by atoms with Crippen molar-refractivity contribution >= 4 is 6.03 Å². The molecular weight excluding hydrogens is 204 g/mol. The lowest BCUT2D eigenvalue weighted by Crippen LogP contribution is -2.37. The van der Waals surface area contributed by atoms with Gasteiger partial charge < -0.3 is 20.4 Å². The molecule has 0 atom stereocenters. The van der Waals surface area contributed by atoms with Gasteiger partial charge in [-0.1, -0.05) is 0 Å². The van der Waals surface area contributed by atoms with Crippen molar-refractivity contribution in [2.24, 2.45) is 0 Å². The summed E-state index contributed by atoms with van der Waals surface area (Å²) in [6.07, 6.45) is 1.97. The van der Waals surface area contributed by atoms with E-state index >= 15 is 0 Å². The first-order chi connectivity index (χ1) is 7.52. The zero-order valence-corrected chi connectivity index (χ0v) is 11.0. The maximum atomic E-state index is 11.3. The largest absolute Gasteiger partial charge is 0.338 e. The van der Waals surface area contributed by atoms with Crippen LogP contribution in [0.25, 0.3) is 0 Å². The molecule has 0 unspecified atom stereocenters. The number of nitrogens with zero attached hydrogens (tertiary/aromatic N) is 2. The highest BCUT2D eigenvalue weighted by molar-refractivity contribution is 5.73. The van der Waals surface area contributed by atoms with Gasteiger partial charge >= 0.3 is 6.03 Å². The Balaban J connectivity index is -0.00000112. The molecule has 0 fully saturated rings. The summed E-state index contributed by atoms with van der Waals surface area (Å²) in [4.78, 5) is 15.5. The Morgan fingerprint density at radius 3 is 1.62 bits per heavy atom. The van der Waals surface area contributed by atoms with Crippen LogP contribution in [0.2, 0.25) is 0 Å². The highest BCUT2D eigenvalue weighted by Gasteiger charge is 1.98. The minimum absolute atomic E-state index is 0. The minimum atomic E-state index is -0.0579. The molecular formula is C11H30N4O. The fourth-order valence-corrected chi connectivity index (χ4v) is 1.26. The average molecular weight is 234 g/mol. The Hall–Kier alpha value is -0.810. The summed E-state index contributed by atoms with van der Waals surface area (Å²) < 4.78 is 0. The molecule has 0 aliphatic carbocycles. The lowest BCUT2D eigenvalue weighted by molar-refractivity contribution is 0.239. The number of amides is 2. The molecule has 0 aliphatic rings. The van der Waals surface area contributed by atoms with Crippen molar-refractivity contribution < 1.29 is 7.65 Å². The fourth-order valence-electron chi connectivity index (χ4n) is 1.26. The van der Waals surface area contributed by atoms with E-state index in [9.17, 15) is 4.79 Å². The van der Waals surface area contributed by atoms with Gasteiger partial charge in [-0.3, -0.25) is 0 Å². The molecule has 100 valence electrons. The van der Waals surface area contributed by atoms with E-state index in [0.717, 1.165) is 39.0 Å². The average Bonchev–Trinajstić information content (AvgIpc) is 2.19. The van der Waals surface area contributed by atoms with Gasteiger partial charge in [0.15, 0.2) is 0 Å². The normalized spacial score (nSPS) is 10.9. The van der Waals surface area contributed by atoms with Gasteiger partial charge in [-0.2, -0.15) is 0 Å². The van der Waals surface area contributed by atoms with Crippen molar-refractivity contribution in [1.82, 2.24) is 20.4 Å². The topological polar surface area (TPSA) is 47.6 Å². The third-order valence-corrected chi connectivity index (χ3v) is 2.14. The predicted molar refractivity (Wildman–Crippen MR) is 72.0 cm³/mol. The van der Waals surface area contributed by atoms with E-state index in [2.05, 4.69) is 20.4 Å². The molecule has 2 N–H and O–H groups in total. The standard InChI is InChI=1S/C11H26N4O.2H2/c1-14(2)9-5-7-12-11(16)13-8-6-10-15(3)4;;/h5-10H2,1-4H3,(H2,12,13,16);2*1H. The molecule has 0 aromatic carbocycles. The number of urea groups is 1. The van der Waals surface area contributed by atoms with Crippen LogP contribution in [0, 0.1) is 0 Å². The van der Waals surface area contributed by atoms with Crippen molar-refractivity contribution in [1.29, 1.82) is 0 Å². The van der Waals surface area contributed by atoms with Gasteiger partial charge in [-0.15, -0.1) is 0 Å². The van der Waals surface area contributed by atoms with Gasteiger partial charge in [0, 0.05) is 15.9 Å². The third-order valence-electron chi connectivity index (χ3n) is 2.14. The van der Waals surface area contributed by atoms with Crippen molar-refractivity contribution in [2.75, 3.05) is 54.4 Å². The van der Waals surface area contributed by atoms with Crippen molar-refractivity contribution in [3.8, 4) is 0 Å². The van der Waals surface area contributed by atoms with Crippen molar-refractivity contribution in [2.45, 2.75) is 12.8 Å². The first-order valence-electron chi connectivity index (χ1n) is 5.83. The van der Waals surface area contributed by atoms with E-state index in [1.165, 1.54) is 0 Å². The SMILES string of the molecule is CN(C)CCCNC(=O)NCCCN(C)C.[HH].[HH]. The molecule has 0 rings (SSSR count). The Morgan fingerprint density at radius 2 is 1.31 bits per heavy atom. The lowest BCUT2D eigenvalue weighted by Gasteiger charge is -2.12. The van der Waals surface area contributed by atoms with Crippen LogP contribution in [-0.2, 0) is 0 Å². The van der Waals surface area contributed by atoms with Gasteiger partial charge in [-0.05, 0) is 54.1 Å². The maximum Gasteiger partial charge on any atom is 0.314 e. The van der Waals surface area contributed by atoms with Crippen LogP contribution in [0.15, 0.2) is 0 Å². The van der Waals surface area contributed by atoms with Crippen LogP contribution >= 0.6 is 0 Å². The van der Waals surface area contributed by atoms with E-state index in [0.29, 0.717) is 0 Å². The molecule has 5 nitrogen and oxygen atoms in total. The Kier molecular flexibility index (Phi) is 8.94. The lowest BCUT2D eigenvalue weighted by atomic mass is 10.4. The van der Waals surface area contributed by atoms with Crippen LogP contribution < -0.4 is 10.6 Å². The Labute approximate surface area is 102 Å². The quantitative estimate of drug-likeness (QED) is 0.607. The van der Waals surface area contributed by atoms with Crippen LogP contribution in [0.4, 0.5) is 4.79 Å². The van der Waals surface area contributed by atoms with E-state index in [1.807, 2.05) is 28.2 Å². The summed E-state index contributed by atoms with van der Waals surface area (Å²) in [7, 11) is 8.12. The summed E-state index contributed by atoms with van der Waals surface area (Å²) in [6, 6.07) is -0.0579. The number of carbonyl (C=O) groups is 1. The van der Waals surface area contributed by atoms with Gasteiger partial charge in [0.2, 0.25) is 0 Å². The fraction of sp³-hybridized carbons (Fsp3) is 0.909. The molecule has 0 saturated heterocycles. The predicted octanol–water partition coefficient (Wildman–Crippen LogP) is 0.681. The summed E-state index contributed by atoms with van der Waals surface area (Å²) in [5, 5.41) is 5.67. The van der Waals surface area contributed by atoms with E-state index in [4.69, 9.17) is 0 Å². The maximum absolute atomic E-state index is 11.3. The molecule has 0 spiro atoms. The molecule has 16 heavy (non-hydrogen) atoms. The molecule has 0 aromatic rings.